The zero-order chi connectivity index (χ0) is 51.8. The lowest BCUT2D eigenvalue weighted by atomic mass is 9.98. The van der Waals surface area contributed by atoms with E-state index in [2.05, 4.69) is 55.6 Å². The summed E-state index contributed by atoms with van der Waals surface area (Å²) < 4.78 is 11.1. The quantitative estimate of drug-likeness (QED) is 0.0215. The van der Waals surface area contributed by atoms with E-state index in [-0.39, 0.29) is 12.8 Å². The summed E-state index contributed by atoms with van der Waals surface area (Å²) in [6.07, 6.45) is 49.3. The first kappa shape index (κ1) is 67.3. The molecule has 0 aromatic carbocycles. The maximum atomic E-state index is 13.2. The van der Waals surface area contributed by atoms with E-state index in [1.165, 1.54) is 173 Å². The summed E-state index contributed by atoms with van der Waals surface area (Å²) in [5.41, 5.74) is 0. The van der Waals surface area contributed by atoms with Gasteiger partial charge in [0, 0.05) is 0 Å². The van der Waals surface area contributed by atoms with E-state index in [9.17, 15) is 40.5 Å². The third-order valence-corrected chi connectivity index (χ3v) is 14.4. The summed E-state index contributed by atoms with van der Waals surface area (Å²) in [4.78, 5) is 13.2. The predicted octanol–water partition coefficient (Wildman–Crippen LogP) is 12.7. The molecule has 1 saturated heterocycles. The SMILES string of the molecule is CCCC/C=C/CC/C=C/CC/C=C/CCCC(O)C(O)C(COC1OC(CO)C(O)C(O)C1O)NC(=O)C(O)CCCCCCCCCCCCCCCCCCCCCCCCCCCCCCC. The molecular formula is C60H113NO10. The molecule has 0 spiro atoms. The Morgan fingerprint density at radius 2 is 0.845 bits per heavy atom. The van der Waals surface area contributed by atoms with Crippen LogP contribution in [0.3, 0.4) is 0 Å². The van der Waals surface area contributed by atoms with Gasteiger partial charge in [0.2, 0.25) is 5.91 Å². The lowest BCUT2D eigenvalue weighted by Gasteiger charge is -2.40. The lowest BCUT2D eigenvalue weighted by molar-refractivity contribution is -0.303. The Kier molecular flexibility index (Phi) is 46.7. The fraction of sp³-hybridized carbons (Fsp3) is 0.883. The van der Waals surface area contributed by atoms with Crippen molar-refractivity contribution < 1.29 is 50.0 Å². The van der Waals surface area contributed by atoms with Crippen molar-refractivity contribution in [1.82, 2.24) is 5.32 Å². The average Bonchev–Trinajstić information content (AvgIpc) is 3.37. The van der Waals surface area contributed by atoms with Gasteiger partial charge in [0.05, 0.1) is 25.4 Å². The topological polar surface area (TPSA) is 189 Å². The number of carbonyl (C=O) groups is 1. The minimum atomic E-state index is -1.67. The molecule has 1 amide bonds. The number of aliphatic hydroxyl groups excluding tert-OH is 7. The highest BCUT2D eigenvalue weighted by Gasteiger charge is 2.44. The first-order valence-corrected chi connectivity index (χ1v) is 29.9. The Labute approximate surface area is 435 Å². The van der Waals surface area contributed by atoms with Gasteiger partial charge in [0.15, 0.2) is 6.29 Å². The van der Waals surface area contributed by atoms with Gasteiger partial charge in [-0.05, 0) is 57.8 Å². The monoisotopic (exact) mass is 1010 g/mol. The third kappa shape index (κ3) is 37.7. The molecule has 11 nitrogen and oxygen atoms in total. The lowest BCUT2D eigenvalue weighted by Crippen LogP contribution is -2.60. The molecule has 0 aromatic rings. The first-order valence-electron chi connectivity index (χ1n) is 29.9. The molecule has 0 bridgehead atoms. The number of aliphatic hydroxyl groups is 7. The van der Waals surface area contributed by atoms with Gasteiger partial charge in [-0.3, -0.25) is 4.79 Å². The van der Waals surface area contributed by atoms with E-state index in [1.54, 1.807) is 0 Å². The van der Waals surface area contributed by atoms with Crippen molar-refractivity contribution >= 4 is 5.91 Å². The number of rotatable bonds is 51. The number of hydrogen-bond donors (Lipinski definition) is 8. The van der Waals surface area contributed by atoms with Crippen molar-refractivity contribution in [2.75, 3.05) is 13.2 Å². The van der Waals surface area contributed by atoms with Crippen LogP contribution in [-0.2, 0) is 14.3 Å². The van der Waals surface area contributed by atoms with Crippen LogP contribution in [0.4, 0.5) is 0 Å². The van der Waals surface area contributed by atoms with Crippen LogP contribution < -0.4 is 5.32 Å². The fourth-order valence-electron chi connectivity index (χ4n) is 9.52. The molecule has 9 unspecified atom stereocenters. The van der Waals surface area contributed by atoms with Crippen molar-refractivity contribution in [2.24, 2.45) is 0 Å². The third-order valence-electron chi connectivity index (χ3n) is 14.4. The molecule has 0 radical (unpaired) electrons. The molecule has 0 saturated carbocycles. The summed E-state index contributed by atoms with van der Waals surface area (Å²) in [6, 6.07) is -1.19. The second-order valence-electron chi connectivity index (χ2n) is 21.0. The summed E-state index contributed by atoms with van der Waals surface area (Å²) in [5, 5.41) is 76.0. The standard InChI is InChI=1S/C60H113NO10/c1-3-5-7-9-11-13-15-17-19-20-21-22-23-24-25-26-27-28-29-30-31-32-34-36-38-40-42-44-46-48-53(64)59(69)61-51(50-70-60-58(68)57(67)56(66)54(49-62)71-60)55(65)52(63)47-45-43-41-39-37-35-33-18-16-14-12-10-8-6-4-2/h10,12,18,33,39,41,51-58,60,62-68H,3-9,11,13-17,19-32,34-38,40,42-50H2,1-2H3,(H,61,69)/b12-10+,33-18+,41-39+. The van der Waals surface area contributed by atoms with Crippen molar-refractivity contribution in [3.05, 3.63) is 36.5 Å². The second-order valence-corrected chi connectivity index (χ2v) is 21.0. The van der Waals surface area contributed by atoms with Gasteiger partial charge in [0.25, 0.3) is 0 Å². The van der Waals surface area contributed by atoms with E-state index in [4.69, 9.17) is 9.47 Å². The van der Waals surface area contributed by atoms with Gasteiger partial charge in [0.1, 0.15) is 36.6 Å². The van der Waals surface area contributed by atoms with Gasteiger partial charge in [-0.15, -0.1) is 0 Å². The molecular weight excluding hydrogens is 895 g/mol. The van der Waals surface area contributed by atoms with Crippen LogP contribution in [0.15, 0.2) is 36.5 Å². The molecule has 11 heteroatoms. The summed E-state index contributed by atoms with van der Waals surface area (Å²) in [7, 11) is 0. The number of carbonyl (C=O) groups excluding carboxylic acids is 1. The molecule has 71 heavy (non-hydrogen) atoms. The van der Waals surface area contributed by atoms with Crippen LogP contribution in [0, 0.1) is 0 Å². The largest absolute Gasteiger partial charge is 0.394 e. The number of nitrogens with one attached hydrogen (secondary N) is 1. The molecule has 8 N–H and O–H groups in total. The Hall–Kier alpha value is -1.67. The molecule has 1 heterocycles. The van der Waals surface area contributed by atoms with E-state index in [0.29, 0.717) is 19.3 Å². The van der Waals surface area contributed by atoms with Crippen LogP contribution >= 0.6 is 0 Å². The van der Waals surface area contributed by atoms with Crippen LogP contribution in [0.25, 0.3) is 0 Å². The van der Waals surface area contributed by atoms with Gasteiger partial charge < -0.3 is 50.5 Å². The minimum absolute atomic E-state index is 0.242. The van der Waals surface area contributed by atoms with E-state index in [1.807, 2.05) is 0 Å². The highest BCUT2D eigenvalue weighted by molar-refractivity contribution is 5.80. The van der Waals surface area contributed by atoms with Crippen LogP contribution in [0.5, 0.6) is 0 Å². The maximum absolute atomic E-state index is 13.2. The van der Waals surface area contributed by atoms with Crippen molar-refractivity contribution in [2.45, 2.75) is 326 Å². The van der Waals surface area contributed by atoms with E-state index >= 15 is 0 Å². The Morgan fingerprint density at radius 3 is 1.24 bits per heavy atom. The van der Waals surface area contributed by atoms with Crippen molar-refractivity contribution in [3.63, 3.8) is 0 Å². The summed E-state index contributed by atoms with van der Waals surface area (Å²) >= 11 is 0. The summed E-state index contributed by atoms with van der Waals surface area (Å²) in [5.74, 6) is -0.709. The zero-order valence-corrected chi connectivity index (χ0v) is 45.7. The van der Waals surface area contributed by atoms with Crippen LogP contribution in [0.1, 0.15) is 271 Å². The molecule has 1 rings (SSSR count). The number of allylic oxidation sites excluding steroid dienone is 6. The van der Waals surface area contributed by atoms with E-state index < -0.39 is 74.2 Å². The minimum Gasteiger partial charge on any atom is -0.394 e. The molecule has 1 aliphatic heterocycles. The van der Waals surface area contributed by atoms with Gasteiger partial charge in [-0.2, -0.15) is 0 Å². The normalized spacial score (nSPS) is 20.4. The highest BCUT2D eigenvalue weighted by atomic mass is 16.7. The number of hydrogen-bond acceptors (Lipinski definition) is 10. The fourth-order valence-corrected chi connectivity index (χ4v) is 9.52. The van der Waals surface area contributed by atoms with Crippen molar-refractivity contribution in [1.29, 1.82) is 0 Å². The number of unbranched alkanes of at least 4 members (excludes halogenated alkanes) is 33. The molecule has 9 atom stereocenters. The van der Waals surface area contributed by atoms with Gasteiger partial charge in [-0.1, -0.05) is 249 Å². The maximum Gasteiger partial charge on any atom is 0.249 e. The van der Waals surface area contributed by atoms with Gasteiger partial charge in [-0.25, -0.2) is 0 Å². The number of amides is 1. The molecule has 1 fully saturated rings. The molecule has 1 aliphatic rings. The number of ether oxygens (including phenoxy) is 2. The second kappa shape index (κ2) is 49.2. The summed E-state index contributed by atoms with van der Waals surface area (Å²) in [6.45, 7) is 3.41. The van der Waals surface area contributed by atoms with Crippen molar-refractivity contribution in [3.8, 4) is 0 Å². The Bertz CT molecular complexity index is 1250. The van der Waals surface area contributed by atoms with Gasteiger partial charge >= 0.3 is 0 Å². The predicted molar refractivity (Wildman–Crippen MR) is 293 cm³/mol. The smallest absolute Gasteiger partial charge is 0.249 e. The zero-order valence-electron chi connectivity index (χ0n) is 45.7. The average molecular weight is 1010 g/mol. The van der Waals surface area contributed by atoms with Crippen LogP contribution in [0.2, 0.25) is 0 Å². The van der Waals surface area contributed by atoms with Crippen LogP contribution in [-0.4, -0.2) is 110 Å². The highest BCUT2D eigenvalue weighted by Crippen LogP contribution is 2.23. The Balaban J connectivity index is 2.24. The molecule has 0 aromatic heterocycles. The Morgan fingerprint density at radius 1 is 0.479 bits per heavy atom. The first-order chi connectivity index (χ1) is 34.7. The molecule has 0 aliphatic carbocycles. The van der Waals surface area contributed by atoms with E-state index in [0.717, 1.165) is 51.4 Å². The molecule has 418 valence electrons.